The lowest BCUT2D eigenvalue weighted by Crippen LogP contribution is -2.00. The molecule has 1 atom stereocenters. The van der Waals surface area contributed by atoms with E-state index in [0.29, 0.717) is 5.69 Å². The fourth-order valence-electron chi connectivity index (χ4n) is 2.36. The Labute approximate surface area is 111 Å². The molecule has 4 heteroatoms. The zero-order chi connectivity index (χ0) is 13.2. The van der Waals surface area contributed by atoms with E-state index in [1.165, 1.54) is 0 Å². The van der Waals surface area contributed by atoms with Gasteiger partial charge in [-0.05, 0) is 6.07 Å². The van der Waals surface area contributed by atoms with Crippen LogP contribution in [0.25, 0.3) is 10.9 Å². The second-order valence-corrected chi connectivity index (χ2v) is 4.40. The fourth-order valence-corrected chi connectivity index (χ4v) is 2.36. The van der Waals surface area contributed by atoms with E-state index in [1.54, 1.807) is 18.6 Å². The molecular weight excluding hydrogens is 236 g/mol. The molecule has 92 valence electrons. The van der Waals surface area contributed by atoms with Gasteiger partial charge in [0.15, 0.2) is 0 Å². The van der Waals surface area contributed by atoms with Crippen LogP contribution in [0.2, 0.25) is 0 Å². The normalized spacial score (nSPS) is 12.2. The minimum atomic E-state index is -0.389. The van der Waals surface area contributed by atoms with Gasteiger partial charge in [0.05, 0.1) is 18.0 Å². The predicted molar refractivity (Wildman–Crippen MR) is 72.4 cm³/mol. The van der Waals surface area contributed by atoms with Crippen molar-refractivity contribution in [1.82, 2.24) is 14.5 Å². The van der Waals surface area contributed by atoms with Crippen molar-refractivity contribution in [1.29, 1.82) is 5.26 Å². The fraction of sp³-hybridized carbons (Fsp3) is 0.133. The van der Waals surface area contributed by atoms with Crippen molar-refractivity contribution in [3.05, 3.63) is 60.3 Å². The van der Waals surface area contributed by atoms with Crippen molar-refractivity contribution in [3.8, 4) is 6.07 Å². The van der Waals surface area contributed by atoms with Gasteiger partial charge in [0.25, 0.3) is 0 Å². The molecule has 0 bridgehead atoms. The molecule has 3 aromatic rings. The quantitative estimate of drug-likeness (QED) is 0.700. The molecule has 0 radical (unpaired) electrons. The van der Waals surface area contributed by atoms with Gasteiger partial charge in [-0.3, -0.25) is 9.97 Å². The number of hydrogen-bond acceptors (Lipinski definition) is 3. The van der Waals surface area contributed by atoms with Crippen LogP contribution in [0.1, 0.15) is 17.2 Å². The van der Waals surface area contributed by atoms with E-state index in [4.69, 9.17) is 0 Å². The second-order valence-electron chi connectivity index (χ2n) is 4.40. The van der Waals surface area contributed by atoms with Crippen LogP contribution < -0.4 is 0 Å². The maximum atomic E-state index is 9.47. The van der Waals surface area contributed by atoms with E-state index in [0.717, 1.165) is 16.5 Å². The SMILES string of the molecule is Cn1cc(C(C#N)c2cnccn2)c2ccccc21. The number of aryl methyl sites for hydroxylation is 1. The molecule has 0 saturated carbocycles. The first-order valence-corrected chi connectivity index (χ1v) is 6.00. The number of nitrogens with zero attached hydrogens (tertiary/aromatic N) is 4. The Balaban J connectivity index is 2.21. The van der Waals surface area contributed by atoms with Crippen molar-refractivity contribution in [2.75, 3.05) is 0 Å². The number of para-hydroxylation sites is 1. The first-order valence-electron chi connectivity index (χ1n) is 6.00. The summed E-state index contributed by atoms with van der Waals surface area (Å²) in [6.07, 6.45) is 6.87. The van der Waals surface area contributed by atoms with Crippen LogP contribution in [0.4, 0.5) is 0 Å². The summed E-state index contributed by atoms with van der Waals surface area (Å²) in [5.41, 5.74) is 2.77. The molecule has 1 aromatic carbocycles. The number of aromatic nitrogens is 3. The van der Waals surface area contributed by atoms with Crippen LogP contribution in [-0.2, 0) is 7.05 Å². The Bertz CT molecular complexity index is 753. The van der Waals surface area contributed by atoms with Gasteiger partial charge in [-0.25, -0.2) is 0 Å². The highest BCUT2D eigenvalue weighted by atomic mass is 14.9. The van der Waals surface area contributed by atoms with E-state index < -0.39 is 0 Å². The largest absolute Gasteiger partial charge is 0.350 e. The molecule has 1 unspecified atom stereocenters. The van der Waals surface area contributed by atoms with Crippen molar-refractivity contribution >= 4 is 10.9 Å². The summed E-state index contributed by atoms with van der Waals surface area (Å²) in [4.78, 5) is 8.29. The van der Waals surface area contributed by atoms with Crippen molar-refractivity contribution in [2.24, 2.45) is 7.05 Å². The average molecular weight is 248 g/mol. The minimum absolute atomic E-state index is 0.389. The number of rotatable bonds is 2. The topological polar surface area (TPSA) is 54.5 Å². The number of benzene rings is 1. The van der Waals surface area contributed by atoms with Gasteiger partial charge in [-0.1, -0.05) is 18.2 Å². The van der Waals surface area contributed by atoms with Gasteiger partial charge in [-0.15, -0.1) is 0 Å². The van der Waals surface area contributed by atoms with E-state index >= 15 is 0 Å². The standard InChI is InChI=1S/C15H12N4/c1-19-10-13(11-4-2-3-5-15(11)19)12(8-16)14-9-17-6-7-18-14/h2-7,9-10,12H,1H3. The molecule has 0 fully saturated rings. The van der Waals surface area contributed by atoms with Crippen LogP contribution in [-0.4, -0.2) is 14.5 Å². The zero-order valence-corrected chi connectivity index (χ0v) is 10.5. The van der Waals surface area contributed by atoms with Gasteiger partial charge >= 0.3 is 0 Å². The van der Waals surface area contributed by atoms with E-state index in [-0.39, 0.29) is 5.92 Å². The third kappa shape index (κ3) is 1.85. The van der Waals surface area contributed by atoms with Crippen molar-refractivity contribution in [2.45, 2.75) is 5.92 Å². The molecule has 0 aliphatic rings. The third-order valence-electron chi connectivity index (χ3n) is 3.25. The van der Waals surface area contributed by atoms with Gasteiger partial charge in [-0.2, -0.15) is 5.26 Å². The van der Waals surface area contributed by atoms with Gasteiger partial charge in [0, 0.05) is 42.1 Å². The molecule has 0 spiro atoms. The minimum Gasteiger partial charge on any atom is -0.350 e. The summed E-state index contributed by atoms with van der Waals surface area (Å²) < 4.78 is 2.03. The van der Waals surface area contributed by atoms with Gasteiger partial charge in [0.1, 0.15) is 5.92 Å². The molecule has 0 saturated heterocycles. The molecule has 0 aliphatic heterocycles. The average Bonchev–Trinajstić information content (AvgIpc) is 2.79. The second kappa shape index (κ2) is 4.54. The molecular formula is C15H12N4. The smallest absolute Gasteiger partial charge is 0.117 e. The number of fused-ring (bicyclic) bond motifs is 1. The molecule has 4 nitrogen and oxygen atoms in total. The molecule has 2 heterocycles. The summed E-state index contributed by atoms with van der Waals surface area (Å²) in [6, 6.07) is 10.4. The zero-order valence-electron chi connectivity index (χ0n) is 10.5. The summed E-state index contributed by atoms with van der Waals surface area (Å²) in [5.74, 6) is -0.389. The maximum absolute atomic E-state index is 9.47. The van der Waals surface area contributed by atoms with E-state index in [1.807, 2.05) is 42.1 Å². The highest BCUT2D eigenvalue weighted by Gasteiger charge is 2.19. The Morgan fingerprint density at radius 1 is 1.26 bits per heavy atom. The monoisotopic (exact) mass is 248 g/mol. The van der Waals surface area contributed by atoms with Crippen LogP contribution in [0.3, 0.4) is 0 Å². The van der Waals surface area contributed by atoms with Crippen LogP contribution in [0.5, 0.6) is 0 Å². The first kappa shape index (κ1) is 11.4. The summed E-state index contributed by atoms with van der Waals surface area (Å²) in [5, 5.41) is 10.6. The molecule has 2 aromatic heterocycles. The maximum Gasteiger partial charge on any atom is 0.117 e. The third-order valence-corrected chi connectivity index (χ3v) is 3.25. The lowest BCUT2D eigenvalue weighted by molar-refractivity contribution is 0.916. The van der Waals surface area contributed by atoms with E-state index in [2.05, 4.69) is 16.0 Å². The van der Waals surface area contributed by atoms with Crippen LogP contribution >= 0.6 is 0 Å². The predicted octanol–water partition coefficient (Wildman–Crippen LogP) is 2.62. The lowest BCUT2D eigenvalue weighted by Gasteiger charge is -2.06. The first-order chi connectivity index (χ1) is 9.31. The lowest BCUT2D eigenvalue weighted by atomic mass is 9.97. The molecule has 3 rings (SSSR count). The molecule has 0 aliphatic carbocycles. The Hall–Kier alpha value is -2.67. The van der Waals surface area contributed by atoms with E-state index in [9.17, 15) is 5.26 Å². The van der Waals surface area contributed by atoms with Crippen molar-refractivity contribution < 1.29 is 0 Å². The van der Waals surface area contributed by atoms with Gasteiger partial charge in [0.2, 0.25) is 0 Å². The number of nitriles is 1. The van der Waals surface area contributed by atoms with Crippen molar-refractivity contribution in [3.63, 3.8) is 0 Å². The Kier molecular flexibility index (Phi) is 2.73. The van der Waals surface area contributed by atoms with Crippen LogP contribution in [0, 0.1) is 11.3 Å². The van der Waals surface area contributed by atoms with Crippen LogP contribution in [0.15, 0.2) is 49.1 Å². The summed E-state index contributed by atoms with van der Waals surface area (Å²) in [7, 11) is 1.98. The Morgan fingerprint density at radius 3 is 2.84 bits per heavy atom. The highest BCUT2D eigenvalue weighted by molar-refractivity contribution is 5.85. The molecule has 0 N–H and O–H groups in total. The Morgan fingerprint density at radius 2 is 2.11 bits per heavy atom. The molecule has 19 heavy (non-hydrogen) atoms. The number of hydrogen-bond donors (Lipinski definition) is 0. The summed E-state index contributed by atoms with van der Waals surface area (Å²) >= 11 is 0. The molecule has 0 amide bonds. The van der Waals surface area contributed by atoms with Gasteiger partial charge < -0.3 is 4.57 Å². The summed E-state index contributed by atoms with van der Waals surface area (Å²) in [6.45, 7) is 0. The highest BCUT2D eigenvalue weighted by Crippen LogP contribution is 2.30.